The molecule has 2 aliphatic heterocycles. The predicted molar refractivity (Wildman–Crippen MR) is 109 cm³/mol. The van der Waals surface area contributed by atoms with Crippen molar-refractivity contribution in [1.82, 2.24) is 9.80 Å². The topological polar surface area (TPSA) is 52.7 Å². The average Bonchev–Trinajstić information content (AvgIpc) is 3.01. The van der Waals surface area contributed by atoms with Crippen LogP contribution in [-0.4, -0.2) is 54.8 Å². The molecule has 148 valence electrons. The Hall–Kier alpha value is -1.88. The summed E-state index contributed by atoms with van der Waals surface area (Å²) < 4.78 is 0. The van der Waals surface area contributed by atoms with Gasteiger partial charge in [0.1, 0.15) is 0 Å². The van der Waals surface area contributed by atoms with Crippen LogP contribution in [-0.2, 0) is 16.0 Å². The maximum absolute atomic E-state index is 12.3. The number of benzene rings is 1. The standard InChI is InChI=1S/C22H33N3O2/c1-4-25-12-11-18(16(2)14-25)8-5-17-6-9-20(10-7-17)23-22(27)19-13-21(26)24(3)15-19/h6-7,9-10,16,18-19H,4-5,8,11-15H2,1-3H3,(H,23,27). The third kappa shape index (κ3) is 5.10. The minimum absolute atomic E-state index is 0.0458. The van der Waals surface area contributed by atoms with Crippen molar-refractivity contribution in [3.05, 3.63) is 29.8 Å². The van der Waals surface area contributed by atoms with Gasteiger partial charge in [0.05, 0.1) is 5.92 Å². The zero-order chi connectivity index (χ0) is 19.4. The third-order valence-electron chi connectivity index (χ3n) is 6.35. The molecule has 2 heterocycles. The van der Waals surface area contributed by atoms with E-state index in [9.17, 15) is 9.59 Å². The third-order valence-corrected chi connectivity index (χ3v) is 6.35. The van der Waals surface area contributed by atoms with E-state index in [4.69, 9.17) is 0 Å². The van der Waals surface area contributed by atoms with Gasteiger partial charge in [-0.05, 0) is 61.9 Å². The number of carbonyl (C=O) groups excluding carboxylic acids is 2. The summed E-state index contributed by atoms with van der Waals surface area (Å²) in [5.74, 6) is 1.33. The van der Waals surface area contributed by atoms with Gasteiger partial charge in [-0.25, -0.2) is 0 Å². The van der Waals surface area contributed by atoms with Gasteiger partial charge in [-0.15, -0.1) is 0 Å². The number of anilines is 1. The molecule has 0 saturated carbocycles. The van der Waals surface area contributed by atoms with E-state index in [0.717, 1.165) is 30.5 Å². The van der Waals surface area contributed by atoms with Gasteiger partial charge in [0.2, 0.25) is 11.8 Å². The number of carbonyl (C=O) groups is 2. The Morgan fingerprint density at radius 1 is 1.22 bits per heavy atom. The Morgan fingerprint density at radius 2 is 1.96 bits per heavy atom. The van der Waals surface area contributed by atoms with Crippen molar-refractivity contribution in [3.8, 4) is 0 Å². The lowest BCUT2D eigenvalue weighted by Crippen LogP contribution is -2.39. The second-order valence-corrected chi connectivity index (χ2v) is 8.32. The SMILES string of the molecule is CCN1CCC(CCc2ccc(NC(=O)C3CC(=O)N(C)C3)cc2)C(C)C1. The van der Waals surface area contributed by atoms with Crippen LogP contribution in [0.1, 0.15) is 38.7 Å². The lowest BCUT2D eigenvalue weighted by molar-refractivity contribution is -0.127. The number of likely N-dealkylation sites (tertiary alicyclic amines) is 2. The molecule has 2 fully saturated rings. The molecule has 0 aromatic heterocycles. The highest BCUT2D eigenvalue weighted by atomic mass is 16.2. The molecule has 0 radical (unpaired) electrons. The van der Waals surface area contributed by atoms with Crippen LogP contribution in [0.4, 0.5) is 5.69 Å². The summed E-state index contributed by atoms with van der Waals surface area (Å²) in [7, 11) is 1.75. The van der Waals surface area contributed by atoms with Crippen LogP contribution in [0.2, 0.25) is 0 Å². The molecule has 3 atom stereocenters. The van der Waals surface area contributed by atoms with Crippen molar-refractivity contribution in [2.75, 3.05) is 38.5 Å². The van der Waals surface area contributed by atoms with E-state index in [1.165, 1.54) is 31.5 Å². The molecule has 1 aromatic rings. The lowest BCUT2D eigenvalue weighted by Gasteiger charge is -2.36. The van der Waals surface area contributed by atoms with Gasteiger partial charge in [-0.3, -0.25) is 9.59 Å². The van der Waals surface area contributed by atoms with Gasteiger partial charge in [0.25, 0.3) is 0 Å². The number of amides is 2. The molecular formula is C22H33N3O2. The van der Waals surface area contributed by atoms with Gasteiger partial charge >= 0.3 is 0 Å². The van der Waals surface area contributed by atoms with Gasteiger partial charge in [0, 0.05) is 32.2 Å². The largest absolute Gasteiger partial charge is 0.345 e. The Labute approximate surface area is 163 Å². The number of piperidine rings is 1. The normalized spacial score (nSPS) is 26.4. The molecule has 3 rings (SSSR count). The van der Waals surface area contributed by atoms with Crippen molar-refractivity contribution in [1.29, 1.82) is 0 Å². The van der Waals surface area contributed by atoms with E-state index in [1.54, 1.807) is 11.9 Å². The van der Waals surface area contributed by atoms with Crippen LogP contribution in [0.3, 0.4) is 0 Å². The predicted octanol–water partition coefficient (Wildman–Crippen LogP) is 3.01. The van der Waals surface area contributed by atoms with Crippen molar-refractivity contribution in [2.45, 2.75) is 39.5 Å². The highest BCUT2D eigenvalue weighted by Crippen LogP contribution is 2.27. The van der Waals surface area contributed by atoms with E-state index in [-0.39, 0.29) is 17.7 Å². The first-order valence-electron chi connectivity index (χ1n) is 10.3. The number of hydrogen-bond acceptors (Lipinski definition) is 3. The summed E-state index contributed by atoms with van der Waals surface area (Å²) in [4.78, 5) is 28.1. The minimum Gasteiger partial charge on any atom is -0.345 e. The number of nitrogens with zero attached hydrogens (tertiary/aromatic N) is 2. The van der Waals surface area contributed by atoms with Gasteiger partial charge < -0.3 is 15.1 Å². The van der Waals surface area contributed by atoms with Crippen LogP contribution in [0.15, 0.2) is 24.3 Å². The van der Waals surface area contributed by atoms with Crippen LogP contribution in [0, 0.1) is 17.8 Å². The summed E-state index contributed by atoms with van der Waals surface area (Å²) in [5.41, 5.74) is 2.14. The molecule has 1 N–H and O–H groups in total. The summed E-state index contributed by atoms with van der Waals surface area (Å²) >= 11 is 0. The van der Waals surface area contributed by atoms with Crippen molar-refractivity contribution >= 4 is 17.5 Å². The smallest absolute Gasteiger partial charge is 0.229 e. The fraction of sp³-hybridized carbons (Fsp3) is 0.636. The molecule has 3 unspecified atom stereocenters. The Bertz CT molecular complexity index is 658. The molecule has 0 bridgehead atoms. The van der Waals surface area contributed by atoms with Gasteiger partial charge in [0.15, 0.2) is 0 Å². The first-order chi connectivity index (χ1) is 13.0. The summed E-state index contributed by atoms with van der Waals surface area (Å²) in [5, 5.41) is 2.95. The Morgan fingerprint density at radius 3 is 2.56 bits per heavy atom. The summed E-state index contributed by atoms with van der Waals surface area (Å²) in [6, 6.07) is 8.20. The fourth-order valence-electron chi connectivity index (χ4n) is 4.39. The van der Waals surface area contributed by atoms with E-state index >= 15 is 0 Å². The van der Waals surface area contributed by atoms with Crippen molar-refractivity contribution in [3.63, 3.8) is 0 Å². The fourth-order valence-corrected chi connectivity index (χ4v) is 4.39. The molecule has 0 aliphatic carbocycles. The lowest BCUT2D eigenvalue weighted by atomic mass is 9.83. The summed E-state index contributed by atoms with van der Waals surface area (Å²) in [6.45, 7) is 8.76. The van der Waals surface area contributed by atoms with E-state index < -0.39 is 0 Å². The zero-order valence-corrected chi connectivity index (χ0v) is 16.9. The van der Waals surface area contributed by atoms with Crippen molar-refractivity contribution in [2.24, 2.45) is 17.8 Å². The van der Waals surface area contributed by atoms with Gasteiger partial charge in [-0.2, -0.15) is 0 Å². The monoisotopic (exact) mass is 371 g/mol. The molecule has 5 heteroatoms. The number of nitrogens with one attached hydrogen (secondary N) is 1. The summed E-state index contributed by atoms with van der Waals surface area (Å²) in [6.07, 6.45) is 3.95. The second-order valence-electron chi connectivity index (χ2n) is 8.32. The van der Waals surface area contributed by atoms with Gasteiger partial charge in [-0.1, -0.05) is 26.0 Å². The molecule has 5 nitrogen and oxygen atoms in total. The molecular weight excluding hydrogens is 338 g/mol. The first kappa shape index (κ1) is 19.9. The molecule has 1 aromatic carbocycles. The number of aryl methyl sites for hydroxylation is 1. The quantitative estimate of drug-likeness (QED) is 0.836. The van der Waals surface area contributed by atoms with E-state index in [0.29, 0.717) is 13.0 Å². The zero-order valence-electron chi connectivity index (χ0n) is 16.9. The Balaban J connectivity index is 1.46. The molecule has 27 heavy (non-hydrogen) atoms. The van der Waals surface area contributed by atoms with Crippen molar-refractivity contribution < 1.29 is 9.59 Å². The minimum atomic E-state index is -0.238. The number of hydrogen-bond donors (Lipinski definition) is 1. The molecule has 2 aliphatic rings. The number of rotatable bonds is 6. The Kier molecular flexibility index (Phi) is 6.53. The van der Waals surface area contributed by atoms with Crippen LogP contribution < -0.4 is 5.32 Å². The molecule has 2 saturated heterocycles. The van der Waals surface area contributed by atoms with Crippen LogP contribution >= 0.6 is 0 Å². The molecule has 0 spiro atoms. The maximum atomic E-state index is 12.3. The highest BCUT2D eigenvalue weighted by molar-refractivity contribution is 5.97. The van der Waals surface area contributed by atoms with E-state index in [1.807, 2.05) is 12.1 Å². The average molecular weight is 372 g/mol. The second kappa shape index (κ2) is 8.87. The first-order valence-corrected chi connectivity index (χ1v) is 10.3. The van der Waals surface area contributed by atoms with Crippen LogP contribution in [0.5, 0.6) is 0 Å². The highest BCUT2D eigenvalue weighted by Gasteiger charge is 2.32. The van der Waals surface area contributed by atoms with E-state index in [2.05, 4.69) is 36.2 Å². The molecule has 2 amide bonds. The maximum Gasteiger partial charge on any atom is 0.229 e. The van der Waals surface area contributed by atoms with Crippen LogP contribution in [0.25, 0.3) is 0 Å².